The summed E-state index contributed by atoms with van der Waals surface area (Å²) in [6.07, 6.45) is 1.14. The number of nitrogens with zero attached hydrogens (tertiary/aromatic N) is 1. The van der Waals surface area contributed by atoms with Crippen LogP contribution in [0.2, 0.25) is 0 Å². The Hall–Kier alpha value is -0.330. The van der Waals surface area contributed by atoms with Crippen molar-refractivity contribution in [3.63, 3.8) is 0 Å². The second kappa shape index (κ2) is 5.67. The molecule has 0 spiro atoms. The van der Waals surface area contributed by atoms with Gasteiger partial charge in [-0.15, -0.1) is 0 Å². The molecule has 88 valence electrons. The normalized spacial score (nSPS) is 13.9. The quantitative estimate of drug-likeness (QED) is 0.687. The molecule has 0 saturated carbocycles. The molecule has 0 heterocycles. The summed E-state index contributed by atoms with van der Waals surface area (Å²) in [6, 6.07) is 0. The van der Waals surface area contributed by atoms with Crippen LogP contribution in [0.4, 0.5) is 0 Å². The van der Waals surface area contributed by atoms with Crippen LogP contribution in [0.3, 0.4) is 0 Å². The van der Waals surface area contributed by atoms with Gasteiger partial charge in [0, 0.05) is 18.8 Å². The highest BCUT2D eigenvalue weighted by Gasteiger charge is 2.17. The lowest BCUT2D eigenvalue weighted by Gasteiger charge is -2.18. The fourth-order valence-electron chi connectivity index (χ4n) is 0.818. The fourth-order valence-corrected chi connectivity index (χ4v) is 2.27. The fraction of sp³-hybridized carbons (Fsp3) is 0.667. The summed E-state index contributed by atoms with van der Waals surface area (Å²) < 4.78 is 23.4. The Morgan fingerprint density at radius 1 is 1.53 bits per heavy atom. The van der Waals surface area contributed by atoms with Crippen LogP contribution in [0.1, 0.15) is 13.8 Å². The van der Waals surface area contributed by atoms with Crippen molar-refractivity contribution in [2.45, 2.75) is 19.1 Å². The lowest BCUT2D eigenvalue weighted by Crippen LogP contribution is -2.31. The molecular weight excluding hydrogens is 234 g/mol. The van der Waals surface area contributed by atoms with Crippen LogP contribution < -0.4 is 0 Å². The average Bonchev–Trinajstić information content (AvgIpc) is 2.01. The SMILES string of the molecule is C=C(C)C(=O)SC(C)CN(C)S(C)(=O)=O. The Morgan fingerprint density at radius 2 is 2.00 bits per heavy atom. The number of carbonyl (C=O) groups excluding carboxylic acids is 1. The van der Waals surface area contributed by atoms with Gasteiger partial charge in [-0.25, -0.2) is 12.7 Å². The molecule has 0 aliphatic carbocycles. The first-order valence-electron chi connectivity index (χ1n) is 4.42. The highest BCUT2D eigenvalue weighted by atomic mass is 32.2. The first-order chi connectivity index (χ1) is 6.64. The lowest BCUT2D eigenvalue weighted by molar-refractivity contribution is -0.107. The molecule has 0 fully saturated rings. The van der Waals surface area contributed by atoms with Gasteiger partial charge in [0.25, 0.3) is 0 Å². The van der Waals surface area contributed by atoms with E-state index in [1.165, 1.54) is 11.4 Å². The Labute approximate surface area is 95.8 Å². The van der Waals surface area contributed by atoms with Crippen LogP contribution in [-0.4, -0.2) is 42.9 Å². The first kappa shape index (κ1) is 14.7. The molecule has 0 rings (SSSR count). The standard InChI is InChI=1S/C9H17NO3S2/c1-7(2)9(11)14-8(3)6-10(4)15(5,12)13/h8H,1,6H2,2-5H3. The van der Waals surface area contributed by atoms with E-state index in [0.717, 1.165) is 18.0 Å². The van der Waals surface area contributed by atoms with Gasteiger partial charge >= 0.3 is 0 Å². The molecule has 15 heavy (non-hydrogen) atoms. The summed E-state index contributed by atoms with van der Waals surface area (Å²) in [5.41, 5.74) is 0.480. The van der Waals surface area contributed by atoms with Crippen LogP contribution in [0.15, 0.2) is 12.2 Å². The number of rotatable bonds is 5. The lowest BCUT2D eigenvalue weighted by atomic mass is 10.4. The van der Waals surface area contributed by atoms with Crippen LogP contribution in [0.25, 0.3) is 0 Å². The molecular formula is C9H17NO3S2. The van der Waals surface area contributed by atoms with E-state index >= 15 is 0 Å². The van der Waals surface area contributed by atoms with Crippen LogP contribution in [0.5, 0.6) is 0 Å². The third-order valence-electron chi connectivity index (χ3n) is 1.74. The second-order valence-electron chi connectivity index (χ2n) is 3.54. The second-order valence-corrected chi connectivity index (χ2v) is 7.04. The van der Waals surface area contributed by atoms with E-state index in [4.69, 9.17) is 0 Å². The van der Waals surface area contributed by atoms with Gasteiger partial charge in [-0.3, -0.25) is 4.79 Å². The summed E-state index contributed by atoms with van der Waals surface area (Å²) in [7, 11) is -1.67. The van der Waals surface area contributed by atoms with E-state index in [1.807, 2.05) is 6.92 Å². The smallest absolute Gasteiger partial charge is 0.214 e. The Bertz CT molecular complexity index is 348. The van der Waals surface area contributed by atoms with Crippen molar-refractivity contribution in [2.75, 3.05) is 19.8 Å². The van der Waals surface area contributed by atoms with Crippen LogP contribution >= 0.6 is 11.8 Å². The number of hydrogen-bond acceptors (Lipinski definition) is 4. The van der Waals surface area contributed by atoms with Crippen molar-refractivity contribution in [3.8, 4) is 0 Å². The zero-order chi connectivity index (χ0) is 12.2. The van der Waals surface area contributed by atoms with Gasteiger partial charge < -0.3 is 0 Å². The number of hydrogen-bond donors (Lipinski definition) is 0. The minimum absolute atomic E-state index is 0.0751. The van der Waals surface area contributed by atoms with E-state index in [2.05, 4.69) is 6.58 Å². The van der Waals surface area contributed by atoms with Gasteiger partial charge in [-0.05, 0) is 12.5 Å². The van der Waals surface area contributed by atoms with E-state index in [1.54, 1.807) is 6.92 Å². The predicted octanol–water partition coefficient (Wildman–Crippen LogP) is 1.10. The molecule has 0 aromatic carbocycles. The molecule has 1 atom stereocenters. The monoisotopic (exact) mass is 251 g/mol. The van der Waals surface area contributed by atoms with E-state index in [0.29, 0.717) is 12.1 Å². The van der Waals surface area contributed by atoms with Gasteiger partial charge in [0.15, 0.2) is 0 Å². The molecule has 0 bridgehead atoms. The zero-order valence-electron chi connectivity index (χ0n) is 9.48. The van der Waals surface area contributed by atoms with Gasteiger partial charge in [-0.2, -0.15) is 0 Å². The van der Waals surface area contributed by atoms with Crippen molar-refractivity contribution < 1.29 is 13.2 Å². The van der Waals surface area contributed by atoms with Gasteiger partial charge in [-0.1, -0.05) is 25.3 Å². The number of carbonyl (C=O) groups is 1. The van der Waals surface area contributed by atoms with Crippen LogP contribution in [-0.2, 0) is 14.8 Å². The maximum atomic E-state index is 11.3. The Balaban J connectivity index is 4.22. The van der Waals surface area contributed by atoms with E-state index in [9.17, 15) is 13.2 Å². The Morgan fingerprint density at radius 3 is 2.33 bits per heavy atom. The first-order valence-corrected chi connectivity index (χ1v) is 7.15. The summed E-state index contributed by atoms with van der Waals surface area (Å²) in [5.74, 6) is 0. The van der Waals surface area contributed by atoms with E-state index in [-0.39, 0.29) is 10.4 Å². The van der Waals surface area contributed by atoms with Crippen LogP contribution in [0, 0.1) is 0 Å². The molecule has 6 heteroatoms. The molecule has 0 aromatic rings. The summed E-state index contributed by atoms with van der Waals surface area (Å²) >= 11 is 1.11. The molecule has 0 aromatic heterocycles. The maximum Gasteiger partial charge on any atom is 0.214 e. The molecule has 0 radical (unpaired) electrons. The summed E-state index contributed by atoms with van der Waals surface area (Å²) in [5, 5.41) is -0.168. The highest BCUT2D eigenvalue weighted by molar-refractivity contribution is 8.14. The minimum Gasteiger partial charge on any atom is -0.282 e. The van der Waals surface area contributed by atoms with Crippen molar-refractivity contribution in [2.24, 2.45) is 0 Å². The zero-order valence-corrected chi connectivity index (χ0v) is 11.1. The minimum atomic E-state index is -3.17. The van der Waals surface area contributed by atoms with E-state index < -0.39 is 10.0 Å². The molecule has 0 saturated heterocycles. The topological polar surface area (TPSA) is 54.5 Å². The summed E-state index contributed by atoms with van der Waals surface area (Å²) in [6.45, 7) is 7.31. The molecule has 0 aliphatic rings. The van der Waals surface area contributed by atoms with Gasteiger partial charge in [0.1, 0.15) is 0 Å². The van der Waals surface area contributed by atoms with Gasteiger partial charge in [0.05, 0.1) is 6.26 Å². The highest BCUT2D eigenvalue weighted by Crippen LogP contribution is 2.16. The maximum absolute atomic E-state index is 11.3. The third kappa shape index (κ3) is 5.96. The molecule has 0 N–H and O–H groups in total. The third-order valence-corrected chi connectivity index (χ3v) is 4.13. The largest absolute Gasteiger partial charge is 0.282 e. The van der Waals surface area contributed by atoms with Crippen molar-refractivity contribution >= 4 is 26.9 Å². The van der Waals surface area contributed by atoms with Crippen molar-refractivity contribution in [3.05, 3.63) is 12.2 Å². The molecule has 1 unspecified atom stereocenters. The van der Waals surface area contributed by atoms with Gasteiger partial charge in [0.2, 0.25) is 15.1 Å². The molecule has 0 amide bonds. The molecule has 4 nitrogen and oxygen atoms in total. The Kier molecular flexibility index (Phi) is 5.55. The van der Waals surface area contributed by atoms with Crippen molar-refractivity contribution in [1.29, 1.82) is 0 Å². The molecule has 0 aliphatic heterocycles. The number of thioether (sulfide) groups is 1. The summed E-state index contributed by atoms with van der Waals surface area (Å²) in [4.78, 5) is 11.3. The average molecular weight is 251 g/mol. The van der Waals surface area contributed by atoms with Crippen molar-refractivity contribution in [1.82, 2.24) is 4.31 Å². The number of sulfonamides is 1. The predicted molar refractivity (Wildman–Crippen MR) is 64.3 cm³/mol.